The first-order valence-corrected chi connectivity index (χ1v) is 5.51. The summed E-state index contributed by atoms with van der Waals surface area (Å²) in [5, 5.41) is 10.5. The SMILES string of the molecule is CCOC(=O)Oc1cnc(-c2ccc([N+](=O)[O-])o2)nc1. The lowest BCUT2D eigenvalue weighted by Gasteiger charge is -2.02. The molecule has 20 heavy (non-hydrogen) atoms. The molecule has 0 aliphatic rings. The van der Waals surface area contributed by atoms with E-state index in [9.17, 15) is 14.9 Å². The summed E-state index contributed by atoms with van der Waals surface area (Å²) in [6, 6.07) is 2.57. The maximum Gasteiger partial charge on any atom is 0.513 e. The molecule has 0 spiro atoms. The van der Waals surface area contributed by atoms with Crippen molar-refractivity contribution in [3.05, 3.63) is 34.6 Å². The zero-order valence-electron chi connectivity index (χ0n) is 10.3. The minimum Gasteiger partial charge on any atom is -0.434 e. The second kappa shape index (κ2) is 5.78. The molecule has 0 radical (unpaired) electrons. The number of nitrogens with zero attached hydrogens (tertiary/aromatic N) is 3. The van der Waals surface area contributed by atoms with Crippen molar-refractivity contribution in [3.8, 4) is 17.3 Å². The van der Waals surface area contributed by atoms with Gasteiger partial charge < -0.3 is 13.9 Å². The zero-order valence-corrected chi connectivity index (χ0v) is 10.3. The normalized spacial score (nSPS) is 10.1. The van der Waals surface area contributed by atoms with Crippen LogP contribution in [0.15, 0.2) is 28.9 Å². The fourth-order valence-corrected chi connectivity index (χ4v) is 1.29. The third-order valence-electron chi connectivity index (χ3n) is 2.08. The van der Waals surface area contributed by atoms with Gasteiger partial charge in [0.15, 0.2) is 17.3 Å². The van der Waals surface area contributed by atoms with Crippen LogP contribution >= 0.6 is 0 Å². The summed E-state index contributed by atoms with van der Waals surface area (Å²) in [4.78, 5) is 28.6. The lowest BCUT2D eigenvalue weighted by molar-refractivity contribution is -0.401. The van der Waals surface area contributed by atoms with E-state index in [2.05, 4.69) is 14.7 Å². The number of hydrogen-bond donors (Lipinski definition) is 0. The molecular weight excluding hydrogens is 270 g/mol. The number of rotatable bonds is 4. The van der Waals surface area contributed by atoms with E-state index in [0.29, 0.717) is 0 Å². The van der Waals surface area contributed by atoms with E-state index < -0.39 is 17.0 Å². The number of nitro groups is 1. The Kier molecular flexibility index (Phi) is 3.89. The molecular formula is C11H9N3O6. The molecule has 0 saturated heterocycles. The fourth-order valence-electron chi connectivity index (χ4n) is 1.29. The van der Waals surface area contributed by atoms with Crippen LogP contribution in [0.4, 0.5) is 10.7 Å². The highest BCUT2D eigenvalue weighted by Crippen LogP contribution is 2.23. The monoisotopic (exact) mass is 279 g/mol. The van der Waals surface area contributed by atoms with Crippen LogP contribution in [0.2, 0.25) is 0 Å². The molecule has 104 valence electrons. The Morgan fingerprint density at radius 3 is 2.65 bits per heavy atom. The van der Waals surface area contributed by atoms with Gasteiger partial charge in [-0.05, 0) is 13.0 Å². The maximum atomic E-state index is 11.1. The predicted octanol–water partition coefficient (Wildman–Crippen LogP) is 2.18. The van der Waals surface area contributed by atoms with Crippen LogP contribution in [0.25, 0.3) is 11.6 Å². The highest BCUT2D eigenvalue weighted by molar-refractivity contribution is 5.63. The van der Waals surface area contributed by atoms with E-state index in [0.717, 1.165) is 0 Å². The standard InChI is InChI=1S/C11H9N3O6/c1-2-18-11(15)19-7-5-12-10(13-6-7)8-3-4-9(20-8)14(16)17/h3-6H,2H2,1H3. The van der Waals surface area contributed by atoms with Crippen LogP contribution in [0, 0.1) is 10.1 Å². The summed E-state index contributed by atoms with van der Waals surface area (Å²) in [5.74, 6) is -0.0441. The second-order valence-corrected chi connectivity index (χ2v) is 3.42. The lowest BCUT2D eigenvalue weighted by Crippen LogP contribution is -2.10. The summed E-state index contributed by atoms with van der Waals surface area (Å²) in [6.45, 7) is 1.83. The van der Waals surface area contributed by atoms with Gasteiger partial charge in [0.05, 0.1) is 25.1 Å². The molecule has 0 N–H and O–H groups in total. The molecule has 0 fully saturated rings. The largest absolute Gasteiger partial charge is 0.513 e. The first kappa shape index (κ1) is 13.5. The van der Waals surface area contributed by atoms with E-state index in [4.69, 9.17) is 9.15 Å². The first-order chi connectivity index (χ1) is 9.60. The van der Waals surface area contributed by atoms with Gasteiger partial charge in [-0.25, -0.2) is 14.8 Å². The number of ether oxygens (including phenoxy) is 2. The Labute approximate surface area is 112 Å². The van der Waals surface area contributed by atoms with Crippen molar-refractivity contribution in [1.82, 2.24) is 9.97 Å². The Morgan fingerprint density at radius 1 is 1.40 bits per heavy atom. The quantitative estimate of drug-likeness (QED) is 0.474. The van der Waals surface area contributed by atoms with Gasteiger partial charge >= 0.3 is 12.0 Å². The van der Waals surface area contributed by atoms with Crippen molar-refractivity contribution >= 4 is 12.0 Å². The number of carbonyl (C=O) groups excluding carboxylic acids is 1. The number of furan rings is 1. The van der Waals surface area contributed by atoms with Gasteiger partial charge in [0.2, 0.25) is 0 Å². The summed E-state index contributed by atoms with van der Waals surface area (Å²) < 4.78 is 14.3. The van der Waals surface area contributed by atoms with Crippen LogP contribution in [0.3, 0.4) is 0 Å². The average molecular weight is 279 g/mol. The molecule has 9 nitrogen and oxygen atoms in total. The average Bonchev–Trinajstić information content (AvgIpc) is 2.89. The van der Waals surface area contributed by atoms with Gasteiger partial charge in [-0.1, -0.05) is 0 Å². The highest BCUT2D eigenvalue weighted by Gasteiger charge is 2.15. The smallest absolute Gasteiger partial charge is 0.434 e. The molecule has 0 aliphatic carbocycles. The van der Waals surface area contributed by atoms with Crippen LogP contribution in [-0.2, 0) is 4.74 Å². The Bertz CT molecular complexity index is 621. The molecule has 0 aliphatic heterocycles. The van der Waals surface area contributed by atoms with E-state index in [1.807, 2.05) is 0 Å². The first-order valence-electron chi connectivity index (χ1n) is 5.51. The van der Waals surface area contributed by atoms with E-state index in [-0.39, 0.29) is 23.9 Å². The molecule has 0 amide bonds. The number of carbonyl (C=O) groups is 1. The van der Waals surface area contributed by atoms with Gasteiger partial charge in [-0.3, -0.25) is 10.1 Å². The van der Waals surface area contributed by atoms with Gasteiger partial charge in [-0.2, -0.15) is 0 Å². The van der Waals surface area contributed by atoms with Gasteiger partial charge in [-0.15, -0.1) is 0 Å². The van der Waals surface area contributed by atoms with Crippen LogP contribution in [-0.4, -0.2) is 27.7 Å². The van der Waals surface area contributed by atoms with E-state index in [1.54, 1.807) is 6.92 Å². The van der Waals surface area contributed by atoms with Gasteiger partial charge in [0, 0.05) is 0 Å². The Morgan fingerprint density at radius 2 is 2.10 bits per heavy atom. The van der Waals surface area contributed by atoms with Gasteiger partial charge in [0.25, 0.3) is 0 Å². The van der Waals surface area contributed by atoms with Crippen LogP contribution in [0.5, 0.6) is 5.75 Å². The maximum absolute atomic E-state index is 11.1. The third-order valence-corrected chi connectivity index (χ3v) is 2.08. The molecule has 0 unspecified atom stereocenters. The van der Waals surface area contributed by atoms with Crippen molar-refractivity contribution in [2.24, 2.45) is 0 Å². The van der Waals surface area contributed by atoms with Crippen molar-refractivity contribution in [3.63, 3.8) is 0 Å². The van der Waals surface area contributed by atoms with Gasteiger partial charge in [0.1, 0.15) is 4.92 Å². The molecule has 0 bridgehead atoms. The van der Waals surface area contributed by atoms with Crippen LogP contribution < -0.4 is 4.74 Å². The molecule has 2 rings (SSSR count). The van der Waals surface area contributed by atoms with Crippen molar-refractivity contribution in [1.29, 1.82) is 0 Å². The zero-order chi connectivity index (χ0) is 14.5. The molecule has 9 heteroatoms. The molecule has 2 heterocycles. The minimum atomic E-state index is -0.863. The molecule has 0 aromatic carbocycles. The summed E-state index contributed by atoms with van der Waals surface area (Å²) in [6.07, 6.45) is 1.60. The second-order valence-electron chi connectivity index (χ2n) is 3.42. The Hall–Kier alpha value is -2.97. The van der Waals surface area contributed by atoms with Crippen molar-refractivity contribution in [2.45, 2.75) is 6.92 Å². The summed E-state index contributed by atoms with van der Waals surface area (Å²) in [7, 11) is 0. The molecule has 2 aromatic heterocycles. The third kappa shape index (κ3) is 3.07. The van der Waals surface area contributed by atoms with Crippen molar-refractivity contribution < 1.29 is 23.6 Å². The number of aromatic nitrogens is 2. The lowest BCUT2D eigenvalue weighted by atomic mass is 10.4. The predicted molar refractivity (Wildman–Crippen MR) is 64.0 cm³/mol. The fraction of sp³-hybridized carbons (Fsp3) is 0.182. The van der Waals surface area contributed by atoms with E-state index >= 15 is 0 Å². The molecule has 0 saturated carbocycles. The summed E-state index contributed by atoms with van der Waals surface area (Å²) >= 11 is 0. The number of hydrogen-bond acceptors (Lipinski definition) is 8. The van der Waals surface area contributed by atoms with Crippen LogP contribution in [0.1, 0.15) is 6.92 Å². The Balaban J connectivity index is 2.11. The minimum absolute atomic E-state index is 0.0910. The topological polar surface area (TPSA) is 118 Å². The molecule has 2 aromatic rings. The van der Waals surface area contributed by atoms with Crippen molar-refractivity contribution in [2.75, 3.05) is 6.61 Å². The van der Waals surface area contributed by atoms with E-state index in [1.165, 1.54) is 24.5 Å². The molecule has 0 atom stereocenters. The highest BCUT2D eigenvalue weighted by atomic mass is 16.7. The summed E-state index contributed by atoms with van der Waals surface area (Å²) in [5.41, 5.74) is 0.